The van der Waals surface area contributed by atoms with Crippen LogP contribution >= 0.6 is 23.8 Å². The minimum atomic E-state index is -3.59. The number of rotatable bonds is 2. The van der Waals surface area contributed by atoms with E-state index in [9.17, 15) is 13.6 Å². The molecule has 0 bridgehead atoms. The molecule has 3 rings (SSSR count). The molecule has 1 aliphatic heterocycles. The smallest absolute Gasteiger partial charge is 0.237 e. The van der Waals surface area contributed by atoms with Gasteiger partial charge in [0.25, 0.3) is 0 Å². The second-order valence-electron chi connectivity index (χ2n) is 8.69. The Balaban J connectivity index is 2.00. The Hall–Kier alpha value is -1.46. The molecule has 11 heteroatoms. The van der Waals surface area contributed by atoms with Crippen LogP contribution in [0.3, 0.4) is 0 Å². The Morgan fingerprint density at radius 2 is 1.90 bits per heavy atom. The molecule has 1 aromatic carbocycles. The Labute approximate surface area is 181 Å². The molecule has 1 fully saturated rings. The highest BCUT2D eigenvalue weighted by molar-refractivity contribution is 7.89. The third-order valence-electron chi connectivity index (χ3n) is 4.92. The number of benzene rings is 1. The number of fused-ring (bicyclic) bond motifs is 1. The van der Waals surface area contributed by atoms with Crippen molar-refractivity contribution in [3.8, 4) is 0 Å². The molecule has 0 unspecified atom stereocenters. The molecule has 1 aliphatic rings. The SMILES string of the molecule is CC(C)(C)c1nc2cc(Cl)c(NC(=S)N3CC[N+](C)([O-])CC3)cc2n1S(C)(=O)=O. The van der Waals surface area contributed by atoms with Gasteiger partial charge in [0.2, 0.25) is 10.0 Å². The Morgan fingerprint density at radius 1 is 1.31 bits per heavy atom. The predicted octanol–water partition coefficient (Wildman–Crippen LogP) is 2.75. The van der Waals surface area contributed by atoms with Crippen LogP contribution in [0.5, 0.6) is 0 Å². The zero-order valence-corrected chi connectivity index (χ0v) is 19.6. The highest BCUT2D eigenvalue weighted by Gasteiger charge is 2.28. The standard InChI is InChI=1S/C18H26ClN5O3S2/c1-18(2,3)16-20-14-10-12(19)13(11-15(14)23(16)29(5,26)27)21-17(28)22-6-8-24(4,25)9-7-22/h10-11H,6-9H2,1-5H3,(H,21,28). The van der Waals surface area contributed by atoms with E-state index in [-0.39, 0.29) is 4.65 Å². The summed E-state index contributed by atoms with van der Waals surface area (Å²) < 4.78 is 26.0. The maximum Gasteiger partial charge on any atom is 0.237 e. The Bertz CT molecular complexity index is 1060. The van der Waals surface area contributed by atoms with Crippen molar-refractivity contribution < 1.29 is 13.1 Å². The van der Waals surface area contributed by atoms with Crippen LogP contribution in [-0.2, 0) is 15.4 Å². The summed E-state index contributed by atoms with van der Waals surface area (Å²) in [6.07, 6.45) is 1.15. The summed E-state index contributed by atoms with van der Waals surface area (Å²) in [5, 5.41) is 16.0. The monoisotopic (exact) mass is 459 g/mol. The number of halogens is 1. The first-order valence-corrected chi connectivity index (χ1v) is 11.9. The van der Waals surface area contributed by atoms with Crippen LogP contribution in [0.15, 0.2) is 12.1 Å². The van der Waals surface area contributed by atoms with Crippen molar-refractivity contribution in [2.75, 3.05) is 44.8 Å². The summed E-state index contributed by atoms with van der Waals surface area (Å²) in [6.45, 7) is 7.70. The maximum absolute atomic E-state index is 12.5. The van der Waals surface area contributed by atoms with Crippen LogP contribution in [0.4, 0.5) is 5.69 Å². The van der Waals surface area contributed by atoms with E-state index < -0.39 is 15.4 Å². The van der Waals surface area contributed by atoms with Crippen LogP contribution in [0.2, 0.25) is 5.02 Å². The molecule has 0 atom stereocenters. The number of nitrogens with zero attached hydrogens (tertiary/aromatic N) is 4. The zero-order valence-electron chi connectivity index (χ0n) is 17.2. The third-order valence-corrected chi connectivity index (χ3v) is 6.62. The van der Waals surface area contributed by atoms with Crippen LogP contribution in [0, 0.1) is 5.21 Å². The molecular weight excluding hydrogens is 434 g/mol. The number of hydrogen-bond donors (Lipinski definition) is 1. The normalized spacial score (nSPS) is 17.6. The number of hydroxylamine groups is 3. The van der Waals surface area contributed by atoms with Gasteiger partial charge in [-0.1, -0.05) is 32.4 Å². The molecule has 1 aromatic heterocycles. The zero-order chi connectivity index (χ0) is 21.8. The van der Waals surface area contributed by atoms with Gasteiger partial charge in [-0.2, -0.15) is 0 Å². The lowest BCUT2D eigenvalue weighted by Crippen LogP contribution is -2.55. The first-order chi connectivity index (χ1) is 13.2. The molecule has 2 heterocycles. The quantitative estimate of drug-likeness (QED) is 0.419. The molecule has 0 spiro atoms. The molecule has 8 nitrogen and oxygen atoms in total. The van der Waals surface area contributed by atoms with Crippen LogP contribution in [0.25, 0.3) is 11.0 Å². The van der Waals surface area contributed by atoms with Crippen molar-refractivity contribution in [3.63, 3.8) is 0 Å². The number of thiocarbonyl (C=S) groups is 1. The minimum Gasteiger partial charge on any atom is -0.633 e. The van der Waals surface area contributed by atoms with Crippen molar-refractivity contribution in [3.05, 3.63) is 28.2 Å². The molecule has 0 saturated carbocycles. The van der Waals surface area contributed by atoms with Crippen molar-refractivity contribution in [1.82, 2.24) is 13.9 Å². The minimum absolute atomic E-state index is 0.283. The summed E-state index contributed by atoms with van der Waals surface area (Å²) >= 11 is 11.9. The Morgan fingerprint density at radius 3 is 2.41 bits per heavy atom. The molecule has 1 N–H and O–H groups in total. The first kappa shape index (κ1) is 22.2. The fraction of sp³-hybridized carbons (Fsp3) is 0.556. The van der Waals surface area contributed by atoms with E-state index in [1.807, 2.05) is 25.7 Å². The summed E-state index contributed by atoms with van der Waals surface area (Å²) in [6, 6.07) is 3.30. The number of piperazine rings is 1. The van der Waals surface area contributed by atoms with Crippen molar-refractivity contribution >= 4 is 55.7 Å². The highest BCUT2D eigenvalue weighted by Crippen LogP contribution is 2.33. The van der Waals surface area contributed by atoms with E-state index in [1.165, 1.54) is 3.97 Å². The Kier molecular flexibility index (Phi) is 5.63. The topological polar surface area (TPSA) is 90.3 Å². The molecule has 0 radical (unpaired) electrons. The van der Waals surface area contributed by atoms with Crippen LogP contribution < -0.4 is 5.32 Å². The lowest BCUT2D eigenvalue weighted by atomic mass is 9.96. The molecule has 1 saturated heterocycles. The predicted molar refractivity (Wildman–Crippen MR) is 121 cm³/mol. The van der Waals surface area contributed by atoms with Gasteiger partial charge in [-0.25, -0.2) is 17.4 Å². The summed E-state index contributed by atoms with van der Waals surface area (Å²) in [7, 11) is -1.94. The van der Waals surface area contributed by atoms with Gasteiger partial charge in [0, 0.05) is 5.41 Å². The summed E-state index contributed by atoms with van der Waals surface area (Å²) in [5.74, 6) is 0.439. The second kappa shape index (κ2) is 7.35. The molecule has 2 aromatic rings. The number of likely N-dealkylation sites (N-methyl/N-ethyl adjacent to an activating group) is 1. The van der Waals surface area contributed by atoms with Gasteiger partial charge >= 0.3 is 0 Å². The highest BCUT2D eigenvalue weighted by atomic mass is 35.5. The number of aromatic nitrogens is 2. The number of hydrogen-bond acceptors (Lipinski definition) is 5. The van der Waals surface area contributed by atoms with Gasteiger partial charge < -0.3 is 20.1 Å². The van der Waals surface area contributed by atoms with E-state index in [4.69, 9.17) is 23.8 Å². The number of quaternary nitrogens is 1. The molecule has 0 aliphatic carbocycles. The van der Waals surface area contributed by atoms with Crippen LogP contribution in [-0.4, -0.2) is 71.5 Å². The largest absolute Gasteiger partial charge is 0.633 e. The fourth-order valence-corrected chi connectivity index (χ4v) is 4.90. The van der Waals surface area contributed by atoms with E-state index in [0.717, 1.165) is 6.26 Å². The lowest BCUT2D eigenvalue weighted by molar-refractivity contribution is -0.864. The van der Waals surface area contributed by atoms with E-state index in [2.05, 4.69) is 10.3 Å². The van der Waals surface area contributed by atoms with Crippen molar-refractivity contribution in [1.29, 1.82) is 0 Å². The fourth-order valence-electron chi connectivity index (χ4n) is 3.27. The molecular formula is C18H26ClN5O3S2. The average molecular weight is 460 g/mol. The third kappa shape index (κ3) is 4.66. The van der Waals surface area contributed by atoms with Crippen molar-refractivity contribution in [2.24, 2.45) is 0 Å². The second-order valence-corrected chi connectivity index (χ2v) is 11.3. The van der Waals surface area contributed by atoms with Gasteiger partial charge in [0.05, 0.1) is 61.2 Å². The maximum atomic E-state index is 12.5. The van der Waals surface area contributed by atoms with Gasteiger partial charge in [-0.3, -0.25) is 0 Å². The molecule has 0 amide bonds. The van der Waals surface area contributed by atoms with Gasteiger partial charge in [-0.15, -0.1) is 0 Å². The molecule has 29 heavy (non-hydrogen) atoms. The summed E-state index contributed by atoms with van der Waals surface area (Å²) in [5.41, 5.74) is 0.960. The van der Waals surface area contributed by atoms with Crippen molar-refractivity contribution in [2.45, 2.75) is 26.2 Å². The van der Waals surface area contributed by atoms with E-state index in [0.29, 0.717) is 58.9 Å². The number of imidazole rings is 1. The van der Waals surface area contributed by atoms with Gasteiger partial charge in [-0.05, 0) is 24.4 Å². The van der Waals surface area contributed by atoms with E-state index >= 15 is 0 Å². The van der Waals surface area contributed by atoms with Gasteiger partial charge in [0.1, 0.15) is 5.82 Å². The summed E-state index contributed by atoms with van der Waals surface area (Å²) in [4.78, 5) is 6.45. The first-order valence-electron chi connectivity index (χ1n) is 9.23. The van der Waals surface area contributed by atoms with Crippen LogP contribution in [0.1, 0.15) is 26.6 Å². The average Bonchev–Trinajstić information content (AvgIpc) is 2.93. The van der Waals surface area contributed by atoms with Gasteiger partial charge in [0.15, 0.2) is 5.11 Å². The lowest BCUT2D eigenvalue weighted by Gasteiger charge is -2.45. The molecule has 160 valence electrons. The van der Waals surface area contributed by atoms with E-state index in [1.54, 1.807) is 19.2 Å². The number of nitrogens with one attached hydrogen (secondary N) is 1. The number of anilines is 1.